The van der Waals surface area contributed by atoms with Crippen LogP contribution < -0.4 is 10.9 Å². The second-order valence-corrected chi connectivity index (χ2v) is 6.40. The van der Waals surface area contributed by atoms with Crippen molar-refractivity contribution in [3.63, 3.8) is 0 Å². The molecule has 1 atom stereocenters. The SMILES string of the molecule is C[C@@H](CO)Nc1nc(=O)c(-c2ccccc2Cl)c2cc(C(F)(F)F)ccn12. The molecule has 0 fully saturated rings. The molecule has 0 saturated carbocycles. The van der Waals surface area contributed by atoms with Crippen LogP contribution in [0.15, 0.2) is 47.4 Å². The summed E-state index contributed by atoms with van der Waals surface area (Å²) >= 11 is 6.16. The summed E-state index contributed by atoms with van der Waals surface area (Å²) in [6, 6.07) is 7.69. The van der Waals surface area contributed by atoms with Gasteiger partial charge in [0.2, 0.25) is 5.95 Å². The van der Waals surface area contributed by atoms with E-state index in [1.54, 1.807) is 31.2 Å². The first-order valence-corrected chi connectivity index (χ1v) is 8.36. The van der Waals surface area contributed by atoms with Gasteiger partial charge >= 0.3 is 6.18 Å². The van der Waals surface area contributed by atoms with Crippen LogP contribution in [0.5, 0.6) is 0 Å². The Kier molecular flexibility index (Phi) is 5.12. The zero-order valence-electron chi connectivity index (χ0n) is 14.1. The third kappa shape index (κ3) is 3.77. The van der Waals surface area contributed by atoms with Crippen LogP contribution in [0, 0.1) is 0 Å². The van der Waals surface area contributed by atoms with E-state index in [1.165, 1.54) is 10.6 Å². The Morgan fingerprint density at radius 1 is 1.30 bits per heavy atom. The van der Waals surface area contributed by atoms with Crippen LogP contribution >= 0.6 is 11.6 Å². The molecule has 2 aromatic heterocycles. The van der Waals surface area contributed by atoms with E-state index in [4.69, 9.17) is 11.6 Å². The molecule has 0 aliphatic heterocycles. The van der Waals surface area contributed by atoms with E-state index in [-0.39, 0.29) is 34.2 Å². The first-order chi connectivity index (χ1) is 12.7. The summed E-state index contributed by atoms with van der Waals surface area (Å²) in [7, 11) is 0. The lowest BCUT2D eigenvalue weighted by Gasteiger charge is -2.18. The van der Waals surface area contributed by atoms with E-state index in [1.807, 2.05) is 0 Å². The molecule has 2 N–H and O–H groups in total. The van der Waals surface area contributed by atoms with Crippen LogP contribution in [0.25, 0.3) is 16.6 Å². The molecule has 3 aromatic rings. The van der Waals surface area contributed by atoms with E-state index >= 15 is 0 Å². The maximum atomic E-state index is 13.2. The molecule has 0 saturated heterocycles. The van der Waals surface area contributed by atoms with Gasteiger partial charge in [0.25, 0.3) is 5.56 Å². The number of aliphatic hydroxyl groups excluding tert-OH is 1. The van der Waals surface area contributed by atoms with Gasteiger partial charge in [0.1, 0.15) is 0 Å². The molecule has 27 heavy (non-hydrogen) atoms. The molecular formula is C18H15ClF3N3O2. The lowest BCUT2D eigenvalue weighted by atomic mass is 10.0. The smallest absolute Gasteiger partial charge is 0.394 e. The molecule has 142 valence electrons. The largest absolute Gasteiger partial charge is 0.416 e. The molecule has 0 amide bonds. The lowest BCUT2D eigenvalue weighted by molar-refractivity contribution is -0.137. The number of pyridine rings is 1. The Labute approximate surface area is 157 Å². The van der Waals surface area contributed by atoms with Crippen molar-refractivity contribution in [3.8, 4) is 11.1 Å². The van der Waals surface area contributed by atoms with Crippen molar-refractivity contribution in [3.05, 3.63) is 63.5 Å². The summed E-state index contributed by atoms with van der Waals surface area (Å²) in [5.74, 6) is 0.0288. The highest BCUT2D eigenvalue weighted by atomic mass is 35.5. The first kappa shape index (κ1) is 19.2. The number of fused-ring (bicyclic) bond motifs is 1. The van der Waals surface area contributed by atoms with E-state index < -0.39 is 23.3 Å². The Balaban J connectivity index is 2.38. The van der Waals surface area contributed by atoms with Gasteiger partial charge < -0.3 is 10.4 Å². The van der Waals surface area contributed by atoms with Crippen molar-refractivity contribution >= 4 is 23.1 Å². The highest BCUT2D eigenvalue weighted by Gasteiger charge is 2.31. The van der Waals surface area contributed by atoms with Gasteiger partial charge in [0.15, 0.2) is 0 Å². The van der Waals surface area contributed by atoms with Crippen LogP contribution in [0.3, 0.4) is 0 Å². The molecule has 0 aliphatic carbocycles. The second kappa shape index (κ2) is 7.21. The molecule has 1 aromatic carbocycles. The van der Waals surface area contributed by atoms with Gasteiger partial charge in [-0.25, -0.2) is 0 Å². The maximum absolute atomic E-state index is 13.2. The fourth-order valence-electron chi connectivity index (χ4n) is 2.65. The standard InChI is InChI=1S/C18H15ClF3N3O2/c1-10(9-26)23-17-24-16(27)15(12-4-2-3-5-13(12)19)14-8-11(18(20,21)22)6-7-25(14)17/h2-8,10,26H,9H2,1H3,(H,23,24,27)/t10-/m0/s1. The minimum atomic E-state index is -4.58. The predicted molar refractivity (Wildman–Crippen MR) is 97.1 cm³/mol. The Morgan fingerprint density at radius 3 is 2.63 bits per heavy atom. The first-order valence-electron chi connectivity index (χ1n) is 7.98. The molecular weight excluding hydrogens is 383 g/mol. The fourth-order valence-corrected chi connectivity index (χ4v) is 2.88. The van der Waals surface area contributed by atoms with Crippen molar-refractivity contribution < 1.29 is 18.3 Å². The zero-order valence-corrected chi connectivity index (χ0v) is 14.8. The van der Waals surface area contributed by atoms with Crippen molar-refractivity contribution in [2.45, 2.75) is 19.1 Å². The topological polar surface area (TPSA) is 66.6 Å². The Morgan fingerprint density at radius 2 is 2.00 bits per heavy atom. The van der Waals surface area contributed by atoms with E-state index in [2.05, 4.69) is 10.3 Å². The summed E-state index contributed by atoms with van der Waals surface area (Å²) in [5.41, 5.74) is -1.37. The molecule has 9 heteroatoms. The third-order valence-corrected chi connectivity index (χ3v) is 4.31. The minimum absolute atomic E-state index is 0.00515. The van der Waals surface area contributed by atoms with Crippen LogP contribution in [0.4, 0.5) is 19.1 Å². The van der Waals surface area contributed by atoms with Gasteiger partial charge in [0, 0.05) is 22.8 Å². The number of hydrogen-bond acceptors (Lipinski definition) is 4. The average Bonchev–Trinajstić information content (AvgIpc) is 2.61. The van der Waals surface area contributed by atoms with Crippen molar-refractivity contribution in [2.75, 3.05) is 11.9 Å². The number of halogens is 4. The van der Waals surface area contributed by atoms with E-state index in [9.17, 15) is 23.1 Å². The van der Waals surface area contributed by atoms with Gasteiger partial charge in [-0.15, -0.1) is 0 Å². The summed E-state index contributed by atoms with van der Waals surface area (Å²) < 4.78 is 41.0. The van der Waals surface area contributed by atoms with Gasteiger partial charge in [-0.3, -0.25) is 9.20 Å². The molecule has 0 aliphatic rings. The average molecular weight is 398 g/mol. The number of aromatic nitrogens is 2. The van der Waals surface area contributed by atoms with Crippen LogP contribution in [0.1, 0.15) is 12.5 Å². The van der Waals surface area contributed by atoms with E-state index in [0.29, 0.717) is 0 Å². The summed E-state index contributed by atoms with van der Waals surface area (Å²) in [4.78, 5) is 16.6. The molecule has 5 nitrogen and oxygen atoms in total. The fraction of sp³-hybridized carbons (Fsp3) is 0.222. The monoisotopic (exact) mass is 397 g/mol. The third-order valence-electron chi connectivity index (χ3n) is 3.98. The van der Waals surface area contributed by atoms with Crippen LogP contribution in [-0.4, -0.2) is 27.1 Å². The molecule has 0 spiro atoms. The molecule has 0 bridgehead atoms. The summed E-state index contributed by atoms with van der Waals surface area (Å²) in [6.07, 6.45) is -3.40. The van der Waals surface area contributed by atoms with Gasteiger partial charge in [-0.2, -0.15) is 18.2 Å². The van der Waals surface area contributed by atoms with Gasteiger partial charge in [-0.1, -0.05) is 29.8 Å². The molecule has 0 unspecified atom stereocenters. The highest BCUT2D eigenvalue weighted by molar-refractivity contribution is 6.33. The van der Waals surface area contributed by atoms with Crippen molar-refractivity contribution in [1.82, 2.24) is 9.38 Å². The van der Waals surface area contributed by atoms with Crippen molar-refractivity contribution in [2.24, 2.45) is 0 Å². The molecule has 2 heterocycles. The van der Waals surface area contributed by atoms with Crippen LogP contribution in [-0.2, 0) is 6.18 Å². The van der Waals surface area contributed by atoms with Crippen molar-refractivity contribution in [1.29, 1.82) is 0 Å². The van der Waals surface area contributed by atoms with E-state index in [0.717, 1.165) is 12.1 Å². The molecule has 0 radical (unpaired) electrons. The van der Waals surface area contributed by atoms with Crippen LogP contribution in [0.2, 0.25) is 5.02 Å². The Hall–Kier alpha value is -2.58. The minimum Gasteiger partial charge on any atom is -0.394 e. The number of alkyl halides is 3. The maximum Gasteiger partial charge on any atom is 0.416 e. The Bertz CT molecular complexity index is 1050. The normalized spacial score (nSPS) is 13.0. The number of hydrogen-bond donors (Lipinski definition) is 2. The number of aliphatic hydroxyl groups is 1. The number of rotatable bonds is 4. The molecule has 3 rings (SSSR count). The highest BCUT2D eigenvalue weighted by Crippen LogP contribution is 2.34. The number of nitrogens with one attached hydrogen (secondary N) is 1. The summed E-state index contributed by atoms with van der Waals surface area (Å²) in [6.45, 7) is 1.40. The number of benzene rings is 1. The van der Waals surface area contributed by atoms with Gasteiger partial charge in [0.05, 0.1) is 23.3 Å². The van der Waals surface area contributed by atoms with Gasteiger partial charge in [-0.05, 0) is 25.1 Å². The lowest BCUT2D eigenvalue weighted by Crippen LogP contribution is -2.25. The number of anilines is 1. The second-order valence-electron chi connectivity index (χ2n) is 5.99. The zero-order chi connectivity index (χ0) is 19.8. The quantitative estimate of drug-likeness (QED) is 0.702. The number of nitrogens with zero attached hydrogens (tertiary/aromatic N) is 2. The summed E-state index contributed by atoms with van der Waals surface area (Å²) in [5, 5.41) is 12.3. The predicted octanol–water partition coefficient (Wildman–Crippen LogP) is 3.83.